The van der Waals surface area contributed by atoms with Gasteiger partial charge in [-0.1, -0.05) is 23.2 Å². The molecule has 2 rings (SSSR count). The summed E-state index contributed by atoms with van der Waals surface area (Å²) in [6, 6.07) is 8.13. The van der Waals surface area contributed by atoms with Crippen LogP contribution in [0.15, 0.2) is 45.5 Å². The number of nitrogens with zero attached hydrogens (tertiary/aromatic N) is 3. The second-order valence-corrected chi connectivity index (χ2v) is 10.9. The average molecular weight is 523 g/mol. The van der Waals surface area contributed by atoms with Gasteiger partial charge in [0.2, 0.25) is 10.0 Å². The summed E-state index contributed by atoms with van der Waals surface area (Å²) in [5.74, 6) is -0.781. The first-order chi connectivity index (χ1) is 14.9. The van der Waals surface area contributed by atoms with Crippen LogP contribution in [0.25, 0.3) is 0 Å². The molecule has 0 fully saturated rings. The number of halogens is 2. The number of hydrogen-bond acceptors (Lipinski definition) is 7. The smallest absolute Gasteiger partial charge is 0.266 e. The van der Waals surface area contributed by atoms with E-state index < -0.39 is 32.4 Å². The maximum atomic E-state index is 12.4. The molecule has 0 aliphatic heterocycles. The lowest BCUT2D eigenvalue weighted by Gasteiger charge is -2.21. The molecule has 32 heavy (non-hydrogen) atoms. The van der Waals surface area contributed by atoms with Crippen molar-refractivity contribution in [2.45, 2.75) is 25.7 Å². The van der Waals surface area contributed by atoms with E-state index in [1.807, 2.05) is 29.8 Å². The molecule has 0 saturated carbocycles. The Balaban J connectivity index is 2.26. The van der Waals surface area contributed by atoms with Crippen LogP contribution >= 0.6 is 23.2 Å². The van der Waals surface area contributed by atoms with Gasteiger partial charge in [0.1, 0.15) is 10.6 Å². The van der Waals surface area contributed by atoms with Crippen molar-refractivity contribution in [2.75, 3.05) is 30.3 Å². The van der Waals surface area contributed by atoms with E-state index in [4.69, 9.17) is 27.8 Å². The number of anilines is 1. The van der Waals surface area contributed by atoms with E-state index in [1.165, 1.54) is 6.07 Å². The number of hydrogen-bond donors (Lipinski definition) is 2. The second-order valence-electron chi connectivity index (χ2n) is 6.76. The third-order valence-electron chi connectivity index (χ3n) is 4.52. The third-order valence-corrected chi connectivity index (χ3v) is 7.47. The number of azo groups is 1. The van der Waals surface area contributed by atoms with E-state index in [0.717, 1.165) is 30.4 Å². The fourth-order valence-electron chi connectivity index (χ4n) is 2.83. The molecular formula is C19H24Cl2N4O5S2. The number of rotatable bonds is 10. The highest BCUT2D eigenvalue weighted by molar-refractivity contribution is 7.89. The van der Waals surface area contributed by atoms with Gasteiger partial charge in [0.15, 0.2) is 0 Å². The largest absolute Gasteiger partial charge is 0.372 e. The Labute approximate surface area is 198 Å². The van der Waals surface area contributed by atoms with Gasteiger partial charge in [-0.15, -0.1) is 5.11 Å². The Kier molecular flexibility index (Phi) is 9.03. The first-order valence-electron chi connectivity index (χ1n) is 9.59. The van der Waals surface area contributed by atoms with Gasteiger partial charge in [0.25, 0.3) is 10.1 Å². The van der Waals surface area contributed by atoms with Crippen LogP contribution in [-0.2, 0) is 20.1 Å². The fourth-order valence-corrected chi connectivity index (χ4v) is 5.16. The fraction of sp³-hybridized carbons (Fsp3) is 0.368. The van der Waals surface area contributed by atoms with E-state index in [0.29, 0.717) is 5.69 Å². The molecule has 2 aromatic carbocycles. The number of nitrogens with one attached hydrogen (secondary N) is 1. The predicted molar refractivity (Wildman–Crippen MR) is 127 cm³/mol. The summed E-state index contributed by atoms with van der Waals surface area (Å²) in [5.41, 5.74) is 2.77. The van der Waals surface area contributed by atoms with Crippen LogP contribution < -0.4 is 9.62 Å². The molecule has 176 valence electrons. The summed E-state index contributed by atoms with van der Waals surface area (Å²) in [6.45, 7) is 7.29. The maximum absolute atomic E-state index is 12.4. The van der Waals surface area contributed by atoms with Crippen LogP contribution in [0.5, 0.6) is 0 Å². The molecule has 0 heterocycles. The zero-order valence-corrected chi connectivity index (χ0v) is 20.9. The van der Waals surface area contributed by atoms with Gasteiger partial charge in [-0.3, -0.25) is 4.55 Å². The van der Waals surface area contributed by atoms with Crippen LogP contribution in [0.1, 0.15) is 19.4 Å². The summed E-state index contributed by atoms with van der Waals surface area (Å²) in [4.78, 5) is 1.85. The molecule has 2 N–H and O–H groups in total. The molecular weight excluding hydrogens is 499 g/mol. The van der Waals surface area contributed by atoms with Crippen molar-refractivity contribution in [3.05, 3.63) is 45.9 Å². The summed E-state index contributed by atoms with van der Waals surface area (Å²) >= 11 is 12.3. The van der Waals surface area contributed by atoms with Crippen LogP contribution in [0.2, 0.25) is 10.0 Å². The summed E-state index contributed by atoms with van der Waals surface area (Å²) in [6.07, 6.45) is 0. The van der Waals surface area contributed by atoms with Gasteiger partial charge in [-0.25, -0.2) is 13.1 Å². The molecule has 2 aromatic rings. The standard InChI is InChI=1S/C19H24Cl2N4O5S2/c1-4-25(5-2)14-6-7-17(13(3)10-14)23-24-18-11-16(21)19(12-15(18)20)32(29,30)22-8-9-31(26,27)28/h6-7,10-12,22H,4-5,8-9H2,1-3H3,(H,26,27,28). The second kappa shape index (κ2) is 10.9. The van der Waals surface area contributed by atoms with Crippen molar-refractivity contribution in [3.63, 3.8) is 0 Å². The van der Waals surface area contributed by atoms with Crippen molar-refractivity contribution >= 4 is 60.4 Å². The van der Waals surface area contributed by atoms with Gasteiger partial charge in [-0.2, -0.15) is 13.5 Å². The van der Waals surface area contributed by atoms with Gasteiger partial charge in [0, 0.05) is 25.3 Å². The maximum Gasteiger partial charge on any atom is 0.266 e. The average Bonchev–Trinajstić information content (AvgIpc) is 2.69. The molecule has 0 aliphatic carbocycles. The van der Waals surface area contributed by atoms with Crippen LogP contribution in [-0.4, -0.2) is 46.8 Å². The minimum Gasteiger partial charge on any atom is -0.372 e. The minimum absolute atomic E-state index is 0.00859. The summed E-state index contributed by atoms with van der Waals surface area (Å²) in [5, 5.41) is 8.12. The van der Waals surface area contributed by atoms with Crippen LogP contribution in [0, 0.1) is 6.92 Å². The monoisotopic (exact) mass is 522 g/mol. The van der Waals surface area contributed by atoms with Crippen molar-refractivity contribution in [2.24, 2.45) is 10.2 Å². The highest BCUT2D eigenvalue weighted by Gasteiger charge is 2.21. The molecule has 0 bridgehead atoms. The van der Waals surface area contributed by atoms with Crippen LogP contribution in [0.3, 0.4) is 0 Å². The Hall–Kier alpha value is -1.76. The molecule has 0 aromatic heterocycles. The molecule has 0 saturated heterocycles. The zero-order valence-electron chi connectivity index (χ0n) is 17.7. The van der Waals surface area contributed by atoms with Gasteiger partial charge < -0.3 is 4.90 Å². The Morgan fingerprint density at radius 1 is 0.969 bits per heavy atom. The summed E-state index contributed by atoms with van der Waals surface area (Å²) < 4.78 is 57.0. The third kappa shape index (κ3) is 7.12. The lowest BCUT2D eigenvalue weighted by molar-refractivity contribution is 0.482. The predicted octanol–water partition coefficient (Wildman–Crippen LogP) is 4.73. The Morgan fingerprint density at radius 3 is 2.16 bits per heavy atom. The molecule has 0 radical (unpaired) electrons. The van der Waals surface area contributed by atoms with Crippen molar-refractivity contribution in [3.8, 4) is 0 Å². The topological polar surface area (TPSA) is 128 Å². The van der Waals surface area contributed by atoms with Crippen LogP contribution in [0.4, 0.5) is 17.1 Å². The Bertz CT molecular complexity index is 1210. The lowest BCUT2D eigenvalue weighted by atomic mass is 10.1. The molecule has 0 amide bonds. The van der Waals surface area contributed by atoms with Crippen molar-refractivity contribution in [1.82, 2.24) is 4.72 Å². The first kappa shape index (κ1) is 26.5. The molecule has 0 spiro atoms. The van der Waals surface area contributed by atoms with E-state index in [-0.39, 0.29) is 20.6 Å². The van der Waals surface area contributed by atoms with E-state index in [1.54, 1.807) is 0 Å². The number of aryl methyl sites for hydroxylation is 1. The van der Waals surface area contributed by atoms with Gasteiger partial charge in [0.05, 0.1) is 21.5 Å². The number of benzene rings is 2. The van der Waals surface area contributed by atoms with E-state index >= 15 is 0 Å². The van der Waals surface area contributed by atoms with E-state index in [9.17, 15) is 16.8 Å². The first-order valence-corrected chi connectivity index (χ1v) is 13.4. The summed E-state index contributed by atoms with van der Waals surface area (Å²) in [7, 11) is -8.48. The molecule has 9 nitrogen and oxygen atoms in total. The van der Waals surface area contributed by atoms with Gasteiger partial charge >= 0.3 is 0 Å². The van der Waals surface area contributed by atoms with Gasteiger partial charge in [-0.05, 0) is 56.7 Å². The molecule has 0 unspecified atom stereocenters. The normalized spacial score (nSPS) is 12.4. The van der Waals surface area contributed by atoms with E-state index in [2.05, 4.69) is 29.0 Å². The molecule has 0 atom stereocenters. The highest BCUT2D eigenvalue weighted by atomic mass is 35.5. The number of sulfonamides is 1. The molecule has 0 aliphatic rings. The minimum atomic E-state index is -4.32. The quantitative estimate of drug-likeness (QED) is 0.342. The van der Waals surface area contributed by atoms with Crippen molar-refractivity contribution in [1.29, 1.82) is 0 Å². The highest BCUT2D eigenvalue weighted by Crippen LogP contribution is 2.35. The van der Waals surface area contributed by atoms with Crippen molar-refractivity contribution < 1.29 is 21.4 Å². The lowest BCUT2D eigenvalue weighted by Crippen LogP contribution is -2.29. The molecule has 13 heteroatoms. The zero-order chi connectivity index (χ0) is 24.1. The Morgan fingerprint density at radius 2 is 1.59 bits per heavy atom. The SMILES string of the molecule is CCN(CC)c1ccc(N=Nc2cc(Cl)c(S(=O)(=O)NCCS(=O)(=O)O)cc2Cl)c(C)c1.